The standard InChI is InChI=1S/C12H13NO3/c1-7-10-11(16-10)8-5-3-4-6-9(8)13(7)12(14)15-2/h3-7,10-11H,1-2H3/t7-,10-,11+/m0/s1. The van der Waals surface area contributed by atoms with Crippen molar-refractivity contribution in [3.05, 3.63) is 29.8 Å². The van der Waals surface area contributed by atoms with Gasteiger partial charge < -0.3 is 9.47 Å². The van der Waals surface area contributed by atoms with Crippen molar-refractivity contribution in [3.8, 4) is 0 Å². The Morgan fingerprint density at radius 1 is 1.44 bits per heavy atom. The summed E-state index contributed by atoms with van der Waals surface area (Å²) in [6.45, 7) is 1.98. The molecule has 0 radical (unpaired) electrons. The van der Waals surface area contributed by atoms with Crippen LogP contribution in [0.1, 0.15) is 18.6 Å². The molecule has 1 saturated heterocycles. The quantitative estimate of drug-likeness (QED) is 0.627. The van der Waals surface area contributed by atoms with Gasteiger partial charge in [0.1, 0.15) is 12.2 Å². The smallest absolute Gasteiger partial charge is 0.414 e. The van der Waals surface area contributed by atoms with Crippen molar-refractivity contribution in [1.29, 1.82) is 0 Å². The molecule has 0 aromatic heterocycles. The average Bonchev–Trinajstić information content (AvgIpc) is 3.09. The molecule has 2 heterocycles. The Morgan fingerprint density at radius 2 is 2.19 bits per heavy atom. The van der Waals surface area contributed by atoms with Gasteiger partial charge in [0.15, 0.2) is 0 Å². The molecule has 0 aliphatic carbocycles. The maximum atomic E-state index is 11.8. The highest BCUT2D eigenvalue weighted by Crippen LogP contribution is 2.50. The number of carbonyl (C=O) groups excluding carboxylic acids is 1. The van der Waals surface area contributed by atoms with Crippen molar-refractivity contribution >= 4 is 11.8 Å². The van der Waals surface area contributed by atoms with Crippen molar-refractivity contribution in [2.24, 2.45) is 0 Å². The summed E-state index contributed by atoms with van der Waals surface area (Å²) < 4.78 is 10.4. The number of nitrogens with zero attached hydrogens (tertiary/aromatic N) is 1. The second-order valence-corrected chi connectivity index (χ2v) is 4.16. The van der Waals surface area contributed by atoms with Crippen LogP contribution in [0, 0.1) is 0 Å². The predicted molar refractivity (Wildman–Crippen MR) is 58.4 cm³/mol. The zero-order valence-electron chi connectivity index (χ0n) is 9.21. The second-order valence-electron chi connectivity index (χ2n) is 4.16. The minimum atomic E-state index is -0.325. The number of ether oxygens (including phenoxy) is 2. The summed E-state index contributed by atoms with van der Waals surface area (Å²) in [5.41, 5.74) is 1.98. The molecule has 0 unspecified atom stereocenters. The van der Waals surface area contributed by atoms with E-state index in [-0.39, 0.29) is 24.3 Å². The Morgan fingerprint density at radius 3 is 2.94 bits per heavy atom. The van der Waals surface area contributed by atoms with Crippen LogP contribution in [-0.4, -0.2) is 25.3 Å². The third-order valence-corrected chi connectivity index (χ3v) is 3.28. The van der Waals surface area contributed by atoms with Crippen LogP contribution in [0.15, 0.2) is 24.3 Å². The summed E-state index contributed by atoms with van der Waals surface area (Å²) in [7, 11) is 1.40. The van der Waals surface area contributed by atoms with Crippen molar-refractivity contribution in [1.82, 2.24) is 0 Å². The molecule has 4 nitrogen and oxygen atoms in total. The number of fused-ring (bicyclic) bond motifs is 3. The molecule has 3 atom stereocenters. The fourth-order valence-corrected chi connectivity index (χ4v) is 2.42. The van der Waals surface area contributed by atoms with Crippen LogP contribution < -0.4 is 4.90 Å². The van der Waals surface area contributed by atoms with Gasteiger partial charge in [-0.3, -0.25) is 4.90 Å². The van der Waals surface area contributed by atoms with Crippen molar-refractivity contribution < 1.29 is 14.3 Å². The molecule has 3 rings (SSSR count). The van der Waals surface area contributed by atoms with Gasteiger partial charge >= 0.3 is 6.09 Å². The SMILES string of the molecule is COC(=O)N1c2ccccc2[C@H]2O[C@H]2[C@@H]1C. The van der Waals surface area contributed by atoms with Gasteiger partial charge in [-0.15, -0.1) is 0 Å². The van der Waals surface area contributed by atoms with Gasteiger partial charge in [-0.05, 0) is 13.0 Å². The Labute approximate surface area is 93.8 Å². The van der Waals surface area contributed by atoms with E-state index in [9.17, 15) is 4.79 Å². The molecule has 84 valence electrons. The van der Waals surface area contributed by atoms with Crippen LogP contribution in [-0.2, 0) is 9.47 Å². The summed E-state index contributed by atoms with van der Waals surface area (Å²) in [4.78, 5) is 13.4. The number of hydrogen-bond donors (Lipinski definition) is 0. The van der Waals surface area contributed by atoms with Crippen LogP contribution >= 0.6 is 0 Å². The van der Waals surface area contributed by atoms with Gasteiger partial charge in [-0.1, -0.05) is 18.2 Å². The first-order valence-electron chi connectivity index (χ1n) is 5.35. The molecule has 0 bridgehead atoms. The molecule has 0 spiro atoms. The molecule has 2 aliphatic rings. The lowest BCUT2D eigenvalue weighted by Crippen LogP contribution is -2.44. The molecule has 2 aliphatic heterocycles. The molecule has 1 fully saturated rings. The normalized spacial score (nSPS) is 30.4. The number of amides is 1. The van der Waals surface area contributed by atoms with Gasteiger partial charge in [-0.2, -0.15) is 0 Å². The second kappa shape index (κ2) is 3.22. The first-order chi connectivity index (χ1) is 7.74. The van der Waals surface area contributed by atoms with Crippen molar-refractivity contribution in [2.75, 3.05) is 12.0 Å². The van der Waals surface area contributed by atoms with Crippen molar-refractivity contribution in [2.45, 2.75) is 25.2 Å². The maximum Gasteiger partial charge on any atom is 0.414 e. The van der Waals surface area contributed by atoms with E-state index < -0.39 is 0 Å². The first-order valence-corrected chi connectivity index (χ1v) is 5.35. The number of benzene rings is 1. The molecule has 0 saturated carbocycles. The summed E-state index contributed by atoms with van der Waals surface area (Å²) in [5.74, 6) is 0. The molecule has 1 amide bonds. The molecule has 1 aromatic carbocycles. The van der Waals surface area contributed by atoms with Crippen LogP contribution in [0.4, 0.5) is 10.5 Å². The largest absolute Gasteiger partial charge is 0.452 e. The van der Waals surface area contributed by atoms with Crippen LogP contribution in [0.3, 0.4) is 0 Å². The van der Waals surface area contributed by atoms with Gasteiger partial charge in [0.2, 0.25) is 0 Å². The van der Waals surface area contributed by atoms with E-state index in [4.69, 9.17) is 9.47 Å². The van der Waals surface area contributed by atoms with E-state index in [1.54, 1.807) is 4.90 Å². The zero-order chi connectivity index (χ0) is 11.3. The minimum Gasteiger partial charge on any atom is -0.452 e. The Hall–Kier alpha value is -1.55. The van der Waals surface area contributed by atoms with E-state index in [1.807, 2.05) is 31.2 Å². The molecular formula is C12H13NO3. The van der Waals surface area contributed by atoms with Crippen LogP contribution in [0.2, 0.25) is 0 Å². The van der Waals surface area contributed by atoms with Gasteiger partial charge in [0, 0.05) is 5.56 Å². The number of rotatable bonds is 0. The van der Waals surface area contributed by atoms with Crippen LogP contribution in [0.25, 0.3) is 0 Å². The summed E-state index contributed by atoms with van der Waals surface area (Å²) >= 11 is 0. The average molecular weight is 219 g/mol. The highest BCUT2D eigenvalue weighted by Gasteiger charge is 2.53. The summed E-state index contributed by atoms with van der Waals surface area (Å²) in [6.07, 6.45) is -0.0463. The summed E-state index contributed by atoms with van der Waals surface area (Å²) in [5, 5.41) is 0. The molecule has 1 aromatic rings. The number of carbonyl (C=O) groups is 1. The summed E-state index contributed by atoms with van der Waals surface area (Å²) in [6, 6.07) is 7.85. The molecule has 16 heavy (non-hydrogen) atoms. The first kappa shape index (κ1) is 9.66. The number of para-hydroxylation sites is 1. The van der Waals surface area contributed by atoms with Gasteiger partial charge in [-0.25, -0.2) is 4.79 Å². The predicted octanol–water partition coefficient (Wildman–Crippen LogP) is 2.10. The van der Waals surface area contributed by atoms with Crippen molar-refractivity contribution in [3.63, 3.8) is 0 Å². The van der Waals surface area contributed by atoms with E-state index in [0.29, 0.717) is 0 Å². The van der Waals surface area contributed by atoms with E-state index in [1.165, 1.54) is 7.11 Å². The highest BCUT2D eigenvalue weighted by atomic mass is 16.6. The highest BCUT2D eigenvalue weighted by molar-refractivity contribution is 5.90. The fourth-order valence-electron chi connectivity index (χ4n) is 2.42. The fraction of sp³-hybridized carbons (Fsp3) is 0.417. The Balaban J connectivity index is 2.09. The maximum absolute atomic E-state index is 11.8. The van der Waals surface area contributed by atoms with E-state index in [0.717, 1.165) is 11.3 Å². The van der Waals surface area contributed by atoms with E-state index >= 15 is 0 Å². The topological polar surface area (TPSA) is 42.1 Å². The molecule has 0 N–H and O–H groups in total. The van der Waals surface area contributed by atoms with Gasteiger partial charge in [0.25, 0.3) is 0 Å². The Bertz CT molecular complexity index is 446. The number of anilines is 1. The Kier molecular flexibility index (Phi) is 1.94. The monoisotopic (exact) mass is 219 g/mol. The molecular weight excluding hydrogens is 206 g/mol. The number of methoxy groups -OCH3 is 1. The van der Waals surface area contributed by atoms with Crippen LogP contribution in [0.5, 0.6) is 0 Å². The minimum absolute atomic E-state index is 0.0346. The van der Waals surface area contributed by atoms with E-state index in [2.05, 4.69) is 0 Å². The number of epoxide rings is 1. The molecule has 4 heteroatoms. The number of hydrogen-bond acceptors (Lipinski definition) is 3. The lowest BCUT2D eigenvalue weighted by atomic mass is 9.97. The third-order valence-electron chi connectivity index (χ3n) is 3.28. The zero-order valence-corrected chi connectivity index (χ0v) is 9.21. The third kappa shape index (κ3) is 1.16. The van der Waals surface area contributed by atoms with Gasteiger partial charge in [0.05, 0.1) is 18.8 Å². The lowest BCUT2D eigenvalue weighted by molar-refractivity contribution is 0.174. The lowest BCUT2D eigenvalue weighted by Gasteiger charge is -2.31.